The number of carbonyl (C=O) groups excluding carboxylic acids is 1. The Morgan fingerprint density at radius 2 is 2.14 bits per heavy atom. The van der Waals surface area contributed by atoms with Gasteiger partial charge in [0.2, 0.25) is 0 Å². The van der Waals surface area contributed by atoms with Crippen molar-refractivity contribution < 1.29 is 4.79 Å². The molecule has 1 aliphatic rings. The van der Waals surface area contributed by atoms with Crippen LogP contribution in [0, 0.1) is 13.8 Å². The van der Waals surface area contributed by atoms with Crippen LogP contribution >= 0.6 is 0 Å². The second kappa shape index (κ2) is 5.27. The molecule has 1 saturated heterocycles. The molecule has 2 aromatic rings. The monoisotopic (exact) mass is 285 g/mol. The molecule has 0 bridgehead atoms. The molecule has 110 valence electrons. The SMILES string of the molecule is Cc1nn(C)c(C)c1C1CCCN1C(=O)c1cnccn1. The molecule has 1 fully saturated rings. The Morgan fingerprint density at radius 1 is 1.33 bits per heavy atom. The Balaban J connectivity index is 1.94. The Kier molecular flexibility index (Phi) is 3.45. The standard InChI is InChI=1S/C15H19N5O/c1-10-14(11(2)19(3)18-10)13-5-4-8-20(13)15(21)12-9-16-6-7-17-12/h6-7,9,13H,4-5,8H2,1-3H3. The quantitative estimate of drug-likeness (QED) is 0.844. The number of nitrogens with zero attached hydrogens (tertiary/aromatic N) is 5. The third-order valence-electron chi connectivity index (χ3n) is 4.19. The molecule has 1 aliphatic heterocycles. The van der Waals surface area contributed by atoms with Gasteiger partial charge in [-0.3, -0.25) is 14.5 Å². The highest BCUT2D eigenvalue weighted by molar-refractivity contribution is 5.92. The van der Waals surface area contributed by atoms with Gasteiger partial charge in [0.05, 0.1) is 17.9 Å². The number of carbonyl (C=O) groups is 1. The van der Waals surface area contributed by atoms with E-state index >= 15 is 0 Å². The lowest BCUT2D eigenvalue weighted by Crippen LogP contribution is -2.31. The molecule has 6 heteroatoms. The van der Waals surface area contributed by atoms with Gasteiger partial charge >= 0.3 is 0 Å². The molecule has 0 spiro atoms. The maximum absolute atomic E-state index is 12.7. The zero-order valence-corrected chi connectivity index (χ0v) is 12.6. The molecular formula is C15H19N5O. The summed E-state index contributed by atoms with van der Waals surface area (Å²) in [6.45, 7) is 4.82. The fourth-order valence-corrected chi connectivity index (χ4v) is 3.14. The average Bonchev–Trinajstić information content (AvgIpc) is 3.05. The summed E-state index contributed by atoms with van der Waals surface area (Å²) in [5.41, 5.74) is 3.70. The van der Waals surface area contributed by atoms with Crippen LogP contribution in [-0.4, -0.2) is 37.1 Å². The van der Waals surface area contributed by atoms with Crippen molar-refractivity contribution in [1.82, 2.24) is 24.6 Å². The number of aryl methyl sites for hydroxylation is 2. The summed E-state index contributed by atoms with van der Waals surface area (Å²) >= 11 is 0. The van der Waals surface area contributed by atoms with Crippen LogP contribution in [0.15, 0.2) is 18.6 Å². The summed E-state index contributed by atoms with van der Waals surface area (Å²) in [5.74, 6) is -0.0479. The predicted octanol–water partition coefficient (Wildman–Crippen LogP) is 1.80. The van der Waals surface area contributed by atoms with Crippen LogP contribution in [-0.2, 0) is 7.05 Å². The number of amides is 1. The highest BCUT2D eigenvalue weighted by Gasteiger charge is 2.34. The molecule has 2 aromatic heterocycles. The van der Waals surface area contributed by atoms with Crippen molar-refractivity contribution in [2.45, 2.75) is 32.7 Å². The fraction of sp³-hybridized carbons (Fsp3) is 0.467. The van der Waals surface area contributed by atoms with E-state index in [4.69, 9.17) is 0 Å². The molecular weight excluding hydrogens is 266 g/mol. The first-order valence-corrected chi connectivity index (χ1v) is 7.16. The first-order chi connectivity index (χ1) is 10.1. The van der Waals surface area contributed by atoms with E-state index in [1.165, 1.54) is 11.8 Å². The third kappa shape index (κ3) is 2.30. The molecule has 0 aliphatic carbocycles. The second-order valence-corrected chi connectivity index (χ2v) is 5.46. The van der Waals surface area contributed by atoms with E-state index in [2.05, 4.69) is 22.0 Å². The number of likely N-dealkylation sites (tertiary alicyclic amines) is 1. The van der Waals surface area contributed by atoms with E-state index in [9.17, 15) is 4.79 Å². The van der Waals surface area contributed by atoms with E-state index in [0.29, 0.717) is 5.69 Å². The largest absolute Gasteiger partial charge is 0.330 e. The summed E-state index contributed by atoms with van der Waals surface area (Å²) in [7, 11) is 1.94. The molecule has 3 heterocycles. The van der Waals surface area contributed by atoms with Crippen molar-refractivity contribution in [3.63, 3.8) is 0 Å². The van der Waals surface area contributed by atoms with Gasteiger partial charge in [-0.05, 0) is 26.7 Å². The number of rotatable bonds is 2. The van der Waals surface area contributed by atoms with Gasteiger partial charge in [0, 0.05) is 37.2 Å². The Bertz CT molecular complexity index is 664. The number of aromatic nitrogens is 4. The van der Waals surface area contributed by atoms with Gasteiger partial charge < -0.3 is 4.90 Å². The van der Waals surface area contributed by atoms with Gasteiger partial charge in [0.1, 0.15) is 5.69 Å². The summed E-state index contributed by atoms with van der Waals surface area (Å²) in [4.78, 5) is 22.7. The third-order valence-corrected chi connectivity index (χ3v) is 4.19. The lowest BCUT2D eigenvalue weighted by Gasteiger charge is -2.25. The maximum Gasteiger partial charge on any atom is 0.274 e. The van der Waals surface area contributed by atoms with Crippen molar-refractivity contribution in [2.75, 3.05) is 6.54 Å². The number of hydrogen-bond acceptors (Lipinski definition) is 4. The van der Waals surface area contributed by atoms with Crippen LogP contribution in [0.1, 0.15) is 46.3 Å². The van der Waals surface area contributed by atoms with E-state index in [1.807, 2.05) is 23.6 Å². The minimum Gasteiger partial charge on any atom is -0.330 e. The first-order valence-electron chi connectivity index (χ1n) is 7.16. The second-order valence-electron chi connectivity index (χ2n) is 5.46. The summed E-state index contributed by atoms with van der Waals surface area (Å²) < 4.78 is 1.88. The highest BCUT2D eigenvalue weighted by Crippen LogP contribution is 2.36. The lowest BCUT2D eigenvalue weighted by atomic mass is 10.0. The van der Waals surface area contributed by atoms with Crippen molar-refractivity contribution in [3.05, 3.63) is 41.2 Å². The van der Waals surface area contributed by atoms with Crippen molar-refractivity contribution in [1.29, 1.82) is 0 Å². The molecule has 3 rings (SSSR count). The molecule has 1 atom stereocenters. The highest BCUT2D eigenvalue weighted by atomic mass is 16.2. The van der Waals surface area contributed by atoms with Gasteiger partial charge in [0.15, 0.2) is 0 Å². The first kappa shape index (κ1) is 13.7. The fourth-order valence-electron chi connectivity index (χ4n) is 3.14. The molecule has 0 radical (unpaired) electrons. The van der Waals surface area contributed by atoms with Crippen molar-refractivity contribution in [2.24, 2.45) is 7.05 Å². The Morgan fingerprint density at radius 3 is 2.76 bits per heavy atom. The summed E-state index contributed by atoms with van der Waals surface area (Å²) in [6, 6.07) is 0.0909. The molecule has 0 saturated carbocycles. The van der Waals surface area contributed by atoms with Gasteiger partial charge in [-0.1, -0.05) is 0 Å². The van der Waals surface area contributed by atoms with Gasteiger partial charge in [-0.25, -0.2) is 4.98 Å². The minimum atomic E-state index is -0.0479. The smallest absolute Gasteiger partial charge is 0.274 e. The minimum absolute atomic E-state index is 0.0479. The van der Waals surface area contributed by atoms with Crippen LogP contribution in [0.25, 0.3) is 0 Å². The molecule has 0 N–H and O–H groups in total. The van der Waals surface area contributed by atoms with E-state index in [-0.39, 0.29) is 11.9 Å². The van der Waals surface area contributed by atoms with Crippen LogP contribution < -0.4 is 0 Å². The van der Waals surface area contributed by atoms with E-state index in [0.717, 1.165) is 30.8 Å². The molecule has 1 unspecified atom stereocenters. The molecule has 1 amide bonds. The van der Waals surface area contributed by atoms with E-state index in [1.54, 1.807) is 12.4 Å². The Labute approximate surface area is 123 Å². The summed E-state index contributed by atoms with van der Waals surface area (Å²) in [6.07, 6.45) is 6.64. The molecule has 0 aromatic carbocycles. The van der Waals surface area contributed by atoms with E-state index < -0.39 is 0 Å². The molecule has 21 heavy (non-hydrogen) atoms. The maximum atomic E-state index is 12.7. The van der Waals surface area contributed by atoms with Crippen LogP contribution in [0.2, 0.25) is 0 Å². The normalized spacial score (nSPS) is 18.2. The van der Waals surface area contributed by atoms with Crippen molar-refractivity contribution in [3.8, 4) is 0 Å². The Hall–Kier alpha value is -2.24. The molecule has 6 nitrogen and oxygen atoms in total. The predicted molar refractivity (Wildman–Crippen MR) is 77.7 cm³/mol. The van der Waals surface area contributed by atoms with Gasteiger partial charge in [-0.15, -0.1) is 0 Å². The van der Waals surface area contributed by atoms with Gasteiger partial charge in [0.25, 0.3) is 5.91 Å². The van der Waals surface area contributed by atoms with Crippen LogP contribution in [0.3, 0.4) is 0 Å². The zero-order valence-electron chi connectivity index (χ0n) is 12.6. The zero-order chi connectivity index (χ0) is 15.0. The topological polar surface area (TPSA) is 63.9 Å². The number of hydrogen-bond donors (Lipinski definition) is 0. The van der Waals surface area contributed by atoms with Gasteiger partial charge in [-0.2, -0.15) is 5.10 Å². The van der Waals surface area contributed by atoms with Crippen LogP contribution in [0.5, 0.6) is 0 Å². The summed E-state index contributed by atoms with van der Waals surface area (Å²) in [5, 5.41) is 4.47. The lowest BCUT2D eigenvalue weighted by molar-refractivity contribution is 0.0728. The van der Waals surface area contributed by atoms with Crippen LogP contribution in [0.4, 0.5) is 0 Å². The average molecular weight is 285 g/mol. The van der Waals surface area contributed by atoms with Crippen molar-refractivity contribution >= 4 is 5.91 Å².